The Morgan fingerprint density at radius 2 is 0.917 bits per heavy atom. The van der Waals surface area contributed by atoms with Crippen molar-refractivity contribution in [2.75, 3.05) is 0 Å². The highest BCUT2D eigenvalue weighted by Gasteiger charge is 2.58. The summed E-state index contributed by atoms with van der Waals surface area (Å²) in [6.07, 6.45) is -4.41. The molecule has 128 valence electrons. The second kappa shape index (κ2) is 5.92. The maximum atomic E-state index is 14.1. The van der Waals surface area contributed by atoms with Gasteiger partial charge < -0.3 is 0 Å². The molecule has 0 aliphatic rings. The molecule has 0 fully saturated rings. The highest BCUT2D eigenvalue weighted by atomic mass is 19.4. The Labute approximate surface area is 131 Å². The van der Waals surface area contributed by atoms with Crippen molar-refractivity contribution in [2.24, 2.45) is 0 Å². The molecular formula is C16H9F7O. The van der Waals surface area contributed by atoms with E-state index in [-0.39, 0.29) is 5.56 Å². The van der Waals surface area contributed by atoms with Gasteiger partial charge in [-0.1, -0.05) is 36.4 Å². The van der Waals surface area contributed by atoms with E-state index in [1.54, 1.807) is 0 Å². The maximum Gasteiger partial charge on any atom is 0.416 e. The zero-order valence-corrected chi connectivity index (χ0v) is 11.8. The van der Waals surface area contributed by atoms with Gasteiger partial charge in [-0.2, -0.15) is 30.7 Å². The Morgan fingerprint density at radius 1 is 0.583 bits per heavy atom. The molecule has 0 unspecified atom stereocenters. The Morgan fingerprint density at radius 3 is 1.25 bits per heavy atom. The van der Waals surface area contributed by atoms with Gasteiger partial charge in [0.2, 0.25) is 0 Å². The summed E-state index contributed by atoms with van der Waals surface area (Å²) in [4.78, 5) is 10.5. The number of rotatable bonds is 4. The Hall–Kier alpha value is -2.38. The van der Waals surface area contributed by atoms with E-state index in [0.717, 1.165) is 12.1 Å². The van der Waals surface area contributed by atoms with Crippen LogP contribution >= 0.6 is 0 Å². The molecule has 2 aromatic rings. The summed E-state index contributed by atoms with van der Waals surface area (Å²) in [6.45, 7) is 0. The largest absolute Gasteiger partial charge is 0.416 e. The van der Waals surface area contributed by atoms with Crippen LogP contribution in [0.2, 0.25) is 0 Å². The smallest absolute Gasteiger partial charge is 0.298 e. The fraction of sp³-hybridized carbons (Fsp3) is 0.188. The second-order valence-electron chi connectivity index (χ2n) is 4.96. The lowest BCUT2D eigenvalue weighted by Gasteiger charge is -2.27. The van der Waals surface area contributed by atoms with Crippen LogP contribution in [0, 0.1) is 0 Å². The molecule has 0 N–H and O–H groups in total. The Balaban J connectivity index is 2.41. The lowest BCUT2D eigenvalue weighted by atomic mass is 9.95. The van der Waals surface area contributed by atoms with Crippen molar-refractivity contribution in [2.45, 2.75) is 18.0 Å². The van der Waals surface area contributed by atoms with Crippen LogP contribution < -0.4 is 0 Å². The van der Waals surface area contributed by atoms with E-state index in [4.69, 9.17) is 0 Å². The molecular weight excluding hydrogens is 341 g/mol. The summed E-state index contributed by atoms with van der Waals surface area (Å²) in [7, 11) is 0. The average molecular weight is 350 g/mol. The summed E-state index contributed by atoms with van der Waals surface area (Å²) >= 11 is 0. The molecule has 0 amide bonds. The first-order valence-electron chi connectivity index (χ1n) is 6.49. The van der Waals surface area contributed by atoms with Crippen LogP contribution in [0.3, 0.4) is 0 Å². The maximum absolute atomic E-state index is 14.1. The van der Waals surface area contributed by atoms with Crippen molar-refractivity contribution in [3.8, 4) is 0 Å². The van der Waals surface area contributed by atoms with Crippen LogP contribution in [0.15, 0.2) is 48.5 Å². The summed E-state index contributed by atoms with van der Waals surface area (Å²) in [6, 6.07) is 4.48. The minimum Gasteiger partial charge on any atom is -0.298 e. The monoisotopic (exact) mass is 350 g/mol. The van der Waals surface area contributed by atoms with E-state index in [9.17, 15) is 35.5 Å². The van der Waals surface area contributed by atoms with Gasteiger partial charge in [0, 0.05) is 16.7 Å². The average Bonchev–Trinajstić information content (AvgIpc) is 2.54. The van der Waals surface area contributed by atoms with Crippen molar-refractivity contribution in [3.63, 3.8) is 0 Å². The molecule has 0 aromatic heterocycles. The molecule has 2 rings (SSSR count). The molecule has 0 spiro atoms. The third-order valence-corrected chi connectivity index (χ3v) is 3.38. The summed E-state index contributed by atoms with van der Waals surface area (Å²) in [5, 5.41) is 0. The van der Waals surface area contributed by atoms with Gasteiger partial charge in [-0.3, -0.25) is 4.79 Å². The minimum atomic E-state index is -4.76. The molecule has 0 aliphatic carbocycles. The number of hydrogen-bond donors (Lipinski definition) is 0. The van der Waals surface area contributed by atoms with Crippen molar-refractivity contribution in [1.29, 1.82) is 0 Å². The topological polar surface area (TPSA) is 17.1 Å². The zero-order chi connectivity index (χ0) is 18.2. The fourth-order valence-corrected chi connectivity index (χ4v) is 2.00. The predicted molar refractivity (Wildman–Crippen MR) is 71.1 cm³/mol. The van der Waals surface area contributed by atoms with Gasteiger partial charge in [0.1, 0.15) is 6.29 Å². The van der Waals surface area contributed by atoms with Crippen molar-refractivity contribution >= 4 is 6.29 Å². The van der Waals surface area contributed by atoms with E-state index in [2.05, 4.69) is 0 Å². The molecule has 2 aromatic carbocycles. The number of carbonyl (C=O) groups excluding carboxylic acids is 1. The van der Waals surface area contributed by atoms with Gasteiger partial charge in [-0.25, -0.2) is 0 Å². The van der Waals surface area contributed by atoms with E-state index >= 15 is 0 Å². The summed E-state index contributed by atoms with van der Waals surface area (Å²) in [5.74, 6) is -9.41. The molecule has 0 atom stereocenters. The third kappa shape index (κ3) is 3.13. The SMILES string of the molecule is O=Cc1ccc(C(F)(F)C(F)(F)c2ccc(C(F)(F)F)cc2)cc1. The van der Waals surface area contributed by atoms with Gasteiger partial charge in [0.15, 0.2) is 0 Å². The number of benzene rings is 2. The van der Waals surface area contributed by atoms with Crippen molar-refractivity contribution in [3.05, 3.63) is 70.8 Å². The van der Waals surface area contributed by atoms with E-state index < -0.39 is 34.7 Å². The van der Waals surface area contributed by atoms with E-state index in [1.165, 1.54) is 0 Å². The lowest BCUT2D eigenvalue weighted by molar-refractivity contribution is -0.223. The van der Waals surface area contributed by atoms with Gasteiger partial charge >= 0.3 is 18.0 Å². The van der Waals surface area contributed by atoms with Gasteiger partial charge in [-0.05, 0) is 12.1 Å². The van der Waals surface area contributed by atoms with Gasteiger partial charge in [0.05, 0.1) is 5.56 Å². The van der Waals surface area contributed by atoms with Crippen LogP contribution in [-0.4, -0.2) is 6.29 Å². The van der Waals surface area contributed by atoms with E-state index in [0.29, 0.717) is 42.7 Å². The minimum absolute atomic E-state index is 0.0207. The van der Waals surface area contributed by atoms with Crippen LogP contribution in [0.1, 0.15) is 27.0 Å². The highest BCUT2D eigenvalue weighted by molar-refractivity contribution is 5.74. The number of halogens is 7. The molecule has 1 nitrogen and oxygen atoms in total. The first kappa shape index (κ1) is 18.0. The number of alkyl halides is 7. The van der Waals surface area contributed by atoms with Gasteiger partial charge in [-0.15, -0.1) is 0 Å². The van der Waals surface area contributed by atoms with Crippen LogP contribution in [0.4, 0.5) is 30.7 Å². The number of carbonyl (C=O) groups is 1. The molecule has 24 heavy (non-hydrogen) atoms. The fourth-order valence-electron chi connectivity index (χ4n) is 2.00. The molecule has 0 saturated heterocycles. The molecule has 0 radical (unpaired) electrons. The van der Waals surface area contributed by atoms with Crippen LogP contribution in [0.25, 0.3) is 0 Å². The molecule has 0 aliphatic heterocycles. The van der Waals surface area contributed by atoms with Crippen LogP contribution in [0.5, 0.6) is 0 Å². The predicted octanol–water partition coefficient (Wildman–Crippen LogP) is 5.40. The molecule has 0 heterocycles. The molecule has 0 bridgehead atoms. The summed E-state index contributed by atoms with van der Waals surface area (Å²) < 4.78 is 93.8. The first-order chi connectivity index (χ1) is 11.0. The second-order valence-corrected chi connectivity index (χ2v) is 4.96. The first-order valence-corrected chi connectivity index (χ1v) is 6.49. The zero-order valence-electron chi connectivity index (χ0n) is 11.8. The van der Waals surface area contributed by atoms with E-state index in [1.807, 2.05) is 0 Å². The number of aldehydes is 1. The Kier molecular flexibility index (Phi) is 4.43. The third-order valence-electron chi connectivity index (χ3n) is 3.38. The standard InChI is InChI=1S/C16H9F7O/c17-14(18,11-3-1-10(9-24)2-4-11)15(19,20)12-5-7-13(8-6-12)16(21,22)23/h1-9H. The lowest BCUT2D eigenvalue weighted by Crippen LogP contribution is -2.35. The Bertz CT molecular complexity index is 716. The molecule has 0 saturated carbocycles. The van der Waals surface area contributed by atoms with Crippen molar-refractivity contribution < 1.29 is 35.5 Å². The van der Waals surface area contributed by atoms with Crippen molar-refractivity contribution in [1.82, 2.24) is 0 Å². The number of hydrogen-bond acceptors (Lipinski definition) is 1. The highest BCUT2D eigenvalue weighted by Crippen LogP contribution is 2.49. The quantitative estimate of drug-likeness (QED) is 0.533. The summed E-state index contributed by atoms with van der Waals surface area (Å²) in [5.41, 5.74) is -3.51. The normalized spacial score (nSPS) is 13.0. The molecule has 8 heteroatoms. The van der Waals surface area contributed by atoms with Crippen LogP contribution in [-0.2, 0) is 18.0 Å². The van der Waals surface area contributed by atoms with Gasteiger partial charge in [0.25, 0.3) is 0 Å².